The van der Waals surface area contributed by atoms with Gasteiger partial charge in [-0.05, 0) is 43.4 Å². The van der Waals surface area contributed by atoms with Crippen molar-refractivity contribution in [3.8, 4) is 0 Å². The normalized spacial score (nSPS) is 21.9. The molecule has 1 aromatic carbocycles. The number of ether oxygens (including phenoxy) is 3. The van der Waals surface area contributed by atoms with Crippen molar-refractivity contribution in [3.05, 3.63) is 54.6 Å². The number of carbonyl (C=O) groups excluding carboxylic acids is 3. The first-order valence-electron chi connectivity index (χ1n) is 12.7. The smallest absolute Gasteiger partial charge is 0.450 e. The highest BCUT2D eigenvalue weighted by Gasteiger charge is 2.59. The van der Waals surface area contributed by atoms with Crippen molar-refractivity contribution in [1.29, 1.82) is 0 Å². The second kappa shape index (κ2) is 14.6. The Morgan fingerprint density at radius 2 is 2.03 bits per heavy atom. The van der Waals surface area contributed by atoms with Gasteiger partial charge in [0.2, 0.25) is 0 Å². The van der Waals surface area contributed by atoms with Crippen LogP contribution in [-0.2, 0) is 25.6 Å². The van der Waals surface area contributed by atoms with E-state index in [2.05, 4.69) is 18.5 Å². The molecule has 0 radical (unpaired) electrons. The second-order valence-corrected chi connectivity index (χ2v) is 9.23. The number of nitrogens with zero attached hydrogens (tertiary/aromatic N) is 1. The zero-order valence-electron chi connectivity index (χ0n) is 21.9. The average molecular weight is 502 g/mol. The molecule has 1 aliphatic rings. The SMILES string of the molecule is C=CCCCOC(=O)NC(CCCC)C(=O)[N+]1(C(=O)OC)C[C@H](OCc2cccc(C=C)c2)CC1C. The number of rotatable bonds is 13. The Labute approximate surface area is 214 Å². The molecule has 1 aromatic rings. The Morgan fingerprint density at radius 1 is 1.25 bits per heavy atom. The number of carbonyl (C=O) groups is 3. The Bertz CT molecular complexity index is 917. The molecular weight excluding hydrogens is 460 g/mol. The number of methoxy groups -OCH3 is 1. The van der Waals surface area contributed by atoms with E-state index in [-0.39, 0.29) is 25.3 Å². The number of benzene rings is 1. The van der Waals surface area contributed by atoms with Gasteiger partial charge in [-0.2, -0.15) is 9.28 Å². The minimum atomic E-state index is -0.874. The topological polar surface area (TPSA) is 90.9 Å². The molecule has 36 heavy (non-hydrogen) atoms. The summed E-state index contributed by atoms with van der Waals surface area (Å²) in [7, 11) is 1.28. The predicted molar refractivity (Wildman–Crippen MR) is 139 cm³/mol. The van der Waals surface area contributed by atoms with Gasteiger partial charge in [0.05, 0.1) is 20.3 Å². The summed E-state index contributed by atoms with van der Waals surface area (Å²) in [4.78, 5) is 39.5. The maximum atomic E-state index is 13.9. The molecule has 0 bridgehead atoms. The van der Waals surface area contributed by atoms with E-state index < -0.39 is 28.6 Å². The maximum Gasteiger partial charge on any atom is 0.523 e. The van der Waals surface area contributed by atoms with Crippen LogP contribution in [-0.4, -0.2) is 61.0 Å². The van der Waals surface area contributed by atoms with Gasteiger partial charge in [-0.15, -0.1) is 6.58 Å². The van der Waals surface area contributed by atoms with Gasteiger partial charge in [0.25, 0.3) is 0 Å². The minimum absolute atomic E-state index is 0.145. The Balaban J connectivity index is 2.18. The summed E-state index contributed by atoms with van der Waals surface area (Å²) < 4.78 is 16.0. The van der Waals surface area contributed by atoms with E-state index in [0.29, 0.717) is 32.3 Å². The van der Waals surface area contributed by atoms with E-state index >= 15 is 0 Å². The standard InChI is InChI=1S/C28H40N2O6/c1-6-9-11-16-35-27(32)29-25(15-10-7-2)26(31)30(28(33)34-5)19-24(17-21(30)4)36-20-23-14-12-13-22(8-3)18-23/h6,8,12-14,18,21,24-25H,1,3,7,9-11,15-17,19-20H2,2,4-5H3/p+1/t21?,24-,25?,30?/m1/s1. The van der Waals surface area contributed by atoms with Crippen LogP contribution in [0.15, 0.2) is 43.5 Å². The molecule has 0 aliphatic carbocycles. The fraction of sp³-hybridized carbons (Fsp3) is 0.536. The van der Waals surface area contributed by atoms with Crippen LogP contribution in [0.25, 0.3) is 6.08 Å². The van der Waals surface area contributed by atoms with Crippen LogP contribution in [0.5, 0.6) is 0 Å². The van der Waals surface area contributed by atoms with Crippen LogP contribution < -0.4 is 5.32 Å². The summed E-state index contributed by atoms with van der Waals surface area (Å²) in [6, 6.07) is 6.60. The van der Waals surface area contributed by atoms with Gasteiger partial charge in [0, 0.05) is 6.42 Å². The molecule has 0 aromatic heterocycles. The lowest BCUT2D eigenvalue weighted by Gasteiger charge is -2.34. The lowest BCUT2D eigenvalue weighted by Crippen LogP contribution is -2.65. The summed E-state index contributed by atoms with van der Waals surface area (Å²) in [5.41, 5.74) is 1.98. The summed E-state index contributed by atoms with van der Waals surface area (Å²) >= 11 is 0. The number of amides is 3. The van der Waals surface area contributed by atoms with Crippen LogP contribution in [0, 0.1) is 0 Å². The molecule has 1 saturated heterocycles. The number of unbranched alkanes of at least 4 members (excludes halogenated alkanes) is 2. The van der Waals surface area contributed by atoms with Crippen molar-refractivity contribution in [2.24, 2.45) is 0 Å². The van der Waals surface area contributed by atoms with Crippen LogP contribution >= 0.6 is 0 Å². The number of likely N-dealkylation sites (tertiary alicyclic amines) is 1. The van der Waals surface area contributed by atoms with Gasteiger partial charge in [-0.1, -0.05) is 56.7 Å². The highest BCUT2D eigenvalue weighted by molar-refractivity contribution is 5.88. The first kappa shape index (κ1) is 29.3. The van der Waals surface area contributed by atoms with Crippen molar-refractivity contribution in [3.63, 3.8) is 0 Å². The van der Waals surface area contributed by atoms with E-state index in [1.807, 2.05) is 38.1 Å². The van der Waals surface area contributed by atoms with E-state index in [4.69, 9.17) is 14.2 Å². The summed E-state index contributed by atoms with van der Waals surface area (Å²) in [6.07, 6.45) is 5.72. The zero-order valence-corrected chi connectivity index (χ0v) is 21.9. The third kappa shape index (κ3) is 7.51. The third-order valence-electron chi connectivity index (χ3n) is 6.64. The molecule has 198 valence electrons. The Morgan fingerprint density at radius 3 is 2.69 bits per heavy atom. The first-order chi connectivity index (χ1) is 17.3. The molecule has 1 aliphatic heterocycles. The van der Waals surface area contributed by atoms with E-state index in [1.165, 1.54) is 7.11 Å². The molecule has 1 heterocycles. The molecule has 8 nitrogen and oxygen atoms in total. The fourth-order valence-electron chi connectivity index (χ4n) is 4.62. The van der Waals surface area contributed by atoms with Crippen LogP contribution in [0.3, 0.4) is 0 Å². The van der Waals surface area contributed by atoms with Crippen molar-refractivity contribution in [2.45, 2.75) is 77.2 Å². The van der Waals surface area contributed by atoms with Crippen molar-refractivity contribution in [2.75, 3.05) is 20.3 Å². The summed E-state index contributed by atoms with van der Waals surface area (Å²) in [5.74, 6) is -0.398. The number of imide groups is 1. The lowest BCUT2D eigenvalue weighted by molar-refractivity contribution is -0.795. The highest BCUT2D eigenvalue weighted by atomic mass is 16.6. The molecular formula is C28H41N2O6+. The Hall–Kier alpha value is -2.97. The van der Waals surface area contributed by atoms with Crippen molar-refractivity contribution >= 4 is 24.2 Å². The van der Waals surface area contributed by atoms with Gasteiger partial charge in [-0.25, -0.2) is 9.59 Å². The van der Waals surface area contributed by atoms with Crippen molar-refractivity contribution < 1.29 is 33.1 Å². The number of alkyl carbamates (subject to hydrolysis) is 1. The molecule has 8 heteroatoms. The molecule has 0 saturated carbocycles. The van der Waals surface area contributed by atoms with Gasteiger partial charge >= 0.3 is 18.1 Å². The van der Waals surface area contributed by atoms with Gasteiger partial charge < -0.3 is 19.5 Å². The molecule has 4 atom stereocenters. The number of quaternary nitrogens is 1. The average Bonchev–Trinajstić information content (AvgIpc) is 3.23. The maximum absolute atomic E-state index is 13.9. The monoisotopic (exact) mass is 501 g/mol. The molecule has 1 fully saturated rings. The first-order valence-corrected chi connectivity index (χ1v) is 12.7. The molecule has 2 rings (SSSR count). The van der Waals surface area contributed by atoms with Crippen LogP contribution in [0.2, 0.25) is 0 Å². The fourth-order valence-corrected chi connectivity index (χ4v) is 4.62. The zero-order chi connectivity index (χ0) is 26.6. The second-order valence-electron chi connectivity index (χ2n) is 9.23. The van der Waals surface area contributed by atoms with E-state index in [0.717, 1.165) is 24.0 Å². The molecule has 3 amide bonds. The van der Waals surface area contributed by atoms with E-state index in [9.17, 15) is 14.4 Å². The van der Waals surface area contributed by atoms with Gasteiger partial charge in [0.15, 0.2) is 0 Å². The highest BCUT2D eigenvalue weighted by Crippen LogP contribution is 2.33. The van der Waals surface area contributed by atoms with Gasteiger partial charge in [-0.3, -0.25) is 0 Å². The molecule has 3 unspecified atom stereocenters. The molecule has 0 spiro atoms. The number of allylic oxidation sites excluding steroid dienone is 1. The lowest BCUT2D eigenvalue weighted by atomic mass is 10.1. The quantitative estimate of drug-likeness (QED) is 0.222. The van der Waals surface area contributed by atoms with E-state index in [1.54, 1.807) is 12.2 Å². The van der Waals surface area contributed by atoms with Crippen LogP contribution in [0.4, 0.5) is 9.59 Å². The number of hydrogen-bond donors (Lipinski definition) is 1. The third-order valence-corrected chi connectivity index (χ3v) is 6.64. The predicted octanol–water partition coefficient (Wildman–Crippen LogP) is 5.37. The largest absolute Gasteiger partial charge is 0.523 e. The summed E-state index contributed by atoms with van der Waals surface area (Å²) in [6.45, 7) is 12.0. The van der Waals surface area contributed by atoms with Gasteiger partial charge in [0.1, 0.15) is 24.7 Å². The summed E-state index contributed by atoms with van der Waals surface area (Å²) in [5, 5.41) is 2.70. The van der Waals surface area contributed by atoms with Crippen LogP contribution in [0.1, 0.15) is 63.5 Å². The minimum Gasteiger partial charge on any atom is -0.450 e. The number of hydrogen-bond acceptors (Lipinski definition) is 6. The van der Waals surface area contributed by atoms with Crippen molar-refractivity contribution in [1.82, 2.24) is 5.32 Å². The Kier molecular flexibility index (Phi) is 11.8. The molecule has 1 N–H and O–H groups in total. The number of nitrogens with one attached hydrogen (secondary N) is 1.